The molecular weight excluding hydrogens is 468 g/mol. The number of nitrogens with one attached hydrogen (secondary N) is 2. The molecule has 2 atom stereocenters. The lowest BCUT2D eigenvalue weighted by Gasteiger charge is -2.20. The van der Waals surface area contributed by atoms with Gasteiger partial charge in [-0.05, 0) is 47.6 Å². The Morgan fingerprint density at radius 2 is 1.69 bits per heavy atom. The number of thioether (sulfide) groups is 1. The third-order valence-corrected chi connectivity index (χ3v) is 6.52. The minimum atomic E-state index is -1.07. The first-order valence-corrected chi connectivity index (χ1v) is 13.1. The average Bonchev–Trinajstić information content (AvgIpc) is 3.17. The van der Waals surface area contributed by atoms with E-state index >= 15 is 0 Å². The number of hydrogen-bond donors (Lipinski definition) is 3. The van der Waals surface area contributed by atoms with Crippen molar-refractivity contribution in [3.05, 3.63) is 59.7 Å². The molecule has 0 bridgehead atoms. The Morgan fingerprint density at radius 1 is 1.06 bits per heavy atom. The number of aliphatic carboxylic acids is 1. The predicted molar refractivity (Wildman–Crippen MR) is 136 cm³/mol. The fraction of sp³-hybridized carbons (Fsp3) is 0.423. The van der Waals surface area contributed by atoms with Crippen molar-refractivity contribution in [1.29, 1.82) is 0 Å². The topological polar surface area (TPSA) is 114 Å². The van der Waals surface area contributed by atoms with E-state index in [1.807, 2.05) is 30.5 Å². The summed E-state index contributed by atoms with van der Waals surface area (Å²) < 4.78 is 11.1. The van der Waals surface area contributed by atoms with E-state index in [0.29, 0.717) is 18.8 Å². The summed E-state index contributed by atoms with van der Waals surface area (Å²) in [6, 6.07) is 15.2. The summed E-state index contributed by atoms with van der Waals surface area (Å²) >= 11 is 1.51. The number of rotatable bonds is 13. The van der Waals surface area contributed by atoms with E-state index in [-0.39, 0.29) is 25.5 Å². The maximum Gasteiger partial charge on any atom is 0.407 e. The largest absolute Gasteiger partial charge is 0.480 e. The Bertz CT molecular complexity index is 985. The van der Waals surface area contributed by atoms with Gasteiger partial charge < -0.3 is 25.2 Å². The maximum absolute atomic E-state index is 12.4. The minimum absolute atomic E-state index is 0.0455. The molecule has 188 valence electrons. The van der Waals surface area contributed by atoms with Gasteiger partial charge in [-0.1, -0.05) is 48.5 Å². The SMILES string of the molecule is CCOC(CNC(=O)OCC1c2ccccc2-c2ccccc21)CC(=O)NC(CCSC)C(=O)O. The quantitative estimate of drug-likeness (QED) is 0.385. The first-order valence-electron chi connectivity index (χ1n) is 11.7. The number of fused-ring (bicyclic) bond motifs is 3. The highest BCUT2D eigenvalue weighted by molar-refractivity contribution is 7.98. The number of carbonyl (C=O) groups excluding carboxylic acids is 2. The Hall–Kier alpha value is -3.04. The van der Waals surface area contributed by atoms with Crippen LogP contribution in [0.15, 0.2) is 48.5 Å². The number of amides is 2. The van der Waals surface area contributed by atoms with Gasteiger partial charge in [0.25, 0.3) is 0 Å². The third-order valence-electron chi connectivity index (χ3n) is 5.88. The zero-order valence-corrected chi connectivity index (χ0v) is 20.8. The fourth-order valence-electron chi connectivity index (χ4n) is 4.23. The van der Waals surface area contributed by atoms with Gasteiger partial charge in [-0.25, -0.2) is 9.59 Å². The smallest absolute Gasteiger partial charge is 0.407 e. The number of alkyl carbamates (subject to hydrolysis) is 1. The highest BCUT2D eigenvalue weighted by Gasteiger charge is 2.29. The van der Waals surface area contributed by atoms with Crippen LogP contribution in [-0.4, -0.2) is 67.0 Å². The predicted octanol–water partition coefficient (Wildman–Crippen LogP) is 3.64. The summed E-state index contributed by atoms with van der Waals surface area (Å²) in [7, 11) is 0. The van der Waals surface area contributed by atoms with E-state index in [9.17, 15) is 19.5 Å². The summed E-state index contributed by atoms with van der Waals surface area (Å²) in [6.07, 6.45) is 0.942. The molecule has 0 aromatic heterocycles. The first kappa shape index (κ1) is 26.6. The van der Waals surface area contributed by atoms with Crippen LogP contribution in [0.3, 0.4) is 0 Å². The lowest BCUT2D eigenvalue weighted by molar-refractivity contribution is -0.142. The molecule has 9 heteroatoms. The van der Waals surface area contributed by atoms with E-state index in [1.165, 1.54) is 11.8 Å². The second-order valence-electron chi connectivity index (χ2n) is 8.23. The van der Waals surface area contributed by atoms with Crippen LogP contribution < -0.4 is 10.6 Å². The summed E-state index contributed by atoms with van der Waals surface area (Å²) in [5.74, 6) is -0.936. The summed E-state index contributed by atoms with van der Waals surface area (Å²) in [4.78, 5) is 36.2. The molecule has 0 spiro atoms. The van der Waals surface area contributed by atoms with Crippen LogP contribution in [0.4, 0.5) is 4.79 Å². The van der Waals surface area contributed by atoms with E-state index in [1.54, 1.807) is 6.92 Å². The van der Waals surface area contributed by atoms with Gasteiger partial charge in [-0.2, -0.15) is 11.8 Å². The van der Waals surface area contributed by atoms with E-state index in [2.05, 4.69) is 34.9 Å². The molecule has 35 heavy (non-hydrogen) atoms. The summed E-state index contributed by atoms with van der Waals surface area (Å²) in [5, 5.41) is 14.5. The molecule has 0 fully saturated rings. The highest BCUT2D eigenvalue weighted by atomic mass is 32.2. The van der Waals surface area contributed by atoms with E-state index in [4.69, 9.17) is 9.47 Å². The molecule has 0 radical (unpaired) electrons. The zero-order chi connectivity index (χ0) is 25.2. The van der Waals surface area contributed by atoms with Gasteiger partial charge in [-0.3, -0.25) is 4.79 Å². The zero-order valence-electron chi connectivity index (χ0n) is 20.0. The average molecular weight is 501 g/mol. The second kappa shape index (κ2) is 13.2. The molecule has 3 N–H and O–H groups in total. The van der Waals surface area contributed by atoms with Crippen molar-refractivity contribution in [2.45, 2.75) is 37.8 Å². The Morgan fingerprint density at radius 3 is 2.26 bits per heavy atom. The summed E-state index contributed by atoms with van der Waals surface area (Å²) in [6.45, 7) is 2.39. The molecule has 0 saturated heterocycles. The molecule has 0 heterocycles. The molecule has 2 aromatic carbocycles. The van der Waals surface area contributed by atoms with Crippen LogP contribution in [0.1, 0.15) is 36.8 Å². The summed E-state index contributed by atoms with van der Waals surface area (Å²) in [5.41, 5.74) is 4.55. The van der Waals surface area contributed by atoms with Gasteiger partial charge in [-0.15, -0.1) is 0 Å². The van der Waals surface area contributed by atoms with E-state index < -0.39 is 30.1 Å². The van der Waals surface area contributed by atoms with Crippen LogP contribution in [-0.2, 0) is 19.1 Å². The molecular formula is C26H32N2O6S. The first-order chi connectivity index (χ1) is 16.9. The van der Waals surface area contributed by atoms with Crippen molar-refractivity contribution in [3.63, 3.8) is 0 Å². The van der Waals surface area contributed by atoms with Gasteiger partial charge in [0, 0.05) is 19.1 Å². The van der Waals surface area contributed by atoms with Crippen LogP contribution in [0.5, 0.6) is 0 Å². The van der Waals surface area contributed by atoms with Crippen molar-refractivity contribution < 1.29 is 29.0 Å². The standard InChI is InChI=1S/C26H32N2O6S/c1-3-33-17(14-24(29)28-23(25(30)31)12-13-35-2)15-27-26(32)34-16-22-20-10-6-4-8-18(20)19-9-5-7-11-21(19)22/h4-11,17,22-23H,3,12-16H2,1-2H3,(H,27,32)(H,28,29)(H,30,31). The lowest BCUT2D eigenvalue weighted by atomic mass is 9.98. The Labute approximate surface area is 209 Å². The Balaban J connectivity index is 1.51. The number of carbonyl (C=O) groups is 3. The maximum atomic E-state index is 12.4. The molecule has 2 aromatic rings. The van der Waals surface area contributed by atoms with Gasteiger partial charge in [0.05, 0.1) is 12.5 Å². The van der Waals surface area contributed by atoms with Crippen LogP contribution in [0.2, 0.25) is 0 Å². The van der Waals surface area contributed by atoms with Crippen LogP contribution >= 0.6 is 11.8 Å². The molecule has 1 aliphatic rings. The third kappa shape index (κ3) is 7.22. The monoisotopic (exact) mass is 500 g/mol. The van der Waals surface area contributed by atoms with Gasteiger partial charge in [0.2, 0.25) is 5.91 Å². The van der Waals surface area contributed by atoms with Crippen molar-refractivity contribution in [2.24, 2.45) is 0 Å². The van der Waals surface area contributed by atoms with Gasteiger partial charge in [0.1, 0.15) is 12.6 Å². The number of carboxylic acid groups (broad SMARTS) is 1. The molecule has 2 amide bonds. The normalized spacial score (nSPS) is 13.9. The number of carboxylic acids is 1. The van der Waals surface area contributed by atoms with E-state index in [0.717, 1.165) is 22.3 Å². The second-order valence-corrected chi connectivity index (χ2v) is 9.21. The van der Waals surface area contributed by atoms with Crippen molar-refractivity contribution in [3.8, 4) is 11.1 Å². The number of ether oxygens (including phenoxy) is 2. The fourth-order valence-corrected chi connectivity index (χ4v) is 4.70. The van der Waals surface area contributed by atoms with Gasteiger partial charge in [0.15, 0.2) is 0 Å². The minimum Gasteiger partial charge on any atom is -0.480 e. The van der Waals surface area contributed by atoms with Gasteiger partial charge >= 0.3 is 12.1 Å². The van der Waals surface area contributed by atoms with Crippen LogP contribution in [0, 0.1) is 0 Å². The molecule has 3 rings (SSSR count). The van der Waals surface area contributed by atoms with Crippen molar-refractivity contribution in [2.75, 3.05) is 31.8 Å². The molecule has 8 nitrogen and oxygen atoms in total. The molecule has 0 aliphatic heterocycles. The molecule has 2 unspecified atom stereocenters. The molecule has 1 aliphatic carbocycles. The van der Waals surface area contributed by atoms with Crippen molar-refractivity contribution >= 4 is 29.7 Å². The highest BCUT2D eigenvalue weighted by Crippen LogP contribution is 2.44. The lowest BCUT2D eigenvalue weighted by Crippen LogP contribution is -2.44. The molecule has 0 saturated carbocycles. The van der Waals surface area contributed by atoms with Crippen molar-refractivity contribution in [1.82, 2.24) is 10.6 Å². The number of benzene rings is 2. The van der Waals surface area contributed by atoms with Crippen LogP contribution in [0.25, 0.3) is 11.1 Å². The Kier molecular flexibility index (Phi) is 9.98. The number of hydrogen-bond acceptors (Lipinski definition) is 6.